The fourth-order valence-electron chi connectivity index (χ4n) is 0.503. The standard InChI is InChI=1S/C7H15N3/c1-3-10-6-7(8)4-5-9-2/h4-5,8-10H,3,6H2,1-2H3/b5-4-,8-7?. The minimum atomic E-state index is 0.594. The summed E-state index contributed by atoms with van der Waals surface area (Å²) in [5.41, 5.74) is 0.594. The third-order valence-electron chi connectivity index (χ3n) is 1.02. The van der Waals surface area contributed by atoms with Gasteiger partial charge in [0.2, 0.25) is 0 Å². The predicted molar refractivity (Wildman–Crippen MR) is 44.5 cm³/mol. The first-order valence-corrected chi connectivity index (χ1v) is 3.43. The average molecular weight is 141 g/mol. The molecule has 0 aromatic heterocycles. The van der Waals surface area contributed by atoms with Crippen LogP contribution in [0, 0.1) is 5.41 Å². The average Bonchev–Trinajstić information content (AvgIpc) is 1.97. The second kappa shape index (κ2) is 6.29. The Bertz CT molecular complexity index is 118. The molecule has 3 heteroatoms. The summed E-state index contributed by atoms with van der Waals surface area (Å²) in [6, 6.07) is 0. The van der Waals surface area contributed by atoms with E-state index in [1.54, 1.807) is 12.3 Å². The molecule has 0 spiro atoms. The van der Waals surface area contributed by atoms with Crippen LogP contribution in [-0.4, -0.2) is 25.8 Å². The lowest BCUT2D eigenvalue weighted by atomic mass is 10.3. The van der Waals surface area contributed by atoms with Crippen LogP contribution < -0.4 is 10.6 Å². The van der Waals surface area contributed by atoms with Crippen LogP contribution in [0.15, 0.2) is 12.3 Å². The van der Waals surface area contributed by atoms with Gasteiger partial charge in [0.1, 0.15) is 0 Å². The maximum Gasteiger partial charge on any atom is 0.0466 e. The fourth-order valence-corrected chi connectivity index (χ4v) is 0.503. The lowest BCUT2D eigenvalue weighted by Gasteiger charge is -1.97. The first kappa shape index (κ1) is 9.17. The van der Waals surface area contributed by atoms with E-state index in [0.717, 1.165) is 6.54 Å². The van der Waals surface area contributed by atoms with Gasteiger partial charge in [0.05, 0.1) is 0 Å². The molecule has 0 aliphatic rings. The van der Waals surface area contributed by atoms with E-state index < -0.39 is 0 Å². The topological polar surface area (TPSA) is 47.9 Å². The maximum atomic E-state index is 7.31. The van der Waals surface area contributed by atoms with E-state index in [4.69, 9.17) is 5.41 Å². The largest absolute Gasteiger partial charge is 0.394 e. The highest BCUT2D eigenvalue weighted by atomic mass is 14.9. The van der Waals surface area contributed by atoms with Gasteiger partial charge >= 0.3 is 0 Å². The zero-order valence-corrected chi connectivity index (χ0v) is 6.57. The summed E-state index contributed by atoms with van der Waals surface area (Å²) < 4.78 is 0. The molecular formula is C7H15N3. The molecule has 0 bridgehead atoms. The van der Waals surface area contributed by atoms with Crippen LogP contribution in [0.1, 0.15) is 6.92 Å². The lowest BCUT2D eigenvalue weighted by molar-refractivity contribution is 0.816. The van der Waals surface area contributed by atoms with E-state index in [1.165, 1.54) is 0 Å². The normalized spacial score (nSPS) is 10.2. The SMILES string of the molecule is CCNCC(=N)/C=C\NC. The third-order valence-corrected chi connectivity index (χ3v) is 1.02. The van der Waals surface area contributed by atoms with Gasteiger partial charge in [-0.05, 0) is 18.8 Å². The second-order valence-corrected chi connectivity index (χ2v) is 1.93. The molecule has 3 nitrogen and oxygen atoms in total. The van der Waals surface area contributed by atoms with Crippen LogP contribution in [0.4, 0.5) is 0 Å². The molecule has 10 heavy (non-hydrogen) atoms. The Morgan fingerprint density at radius 2 is 2.30 bits per heavy atom. The Morgan fingerprint density at radius 3 is 2.80 bits per heavy atom. The summed E-state index contributed by atoms with van der Waals surface area (Å²) in [6.07, 6.45) is 3.49. The molecule has 0 atom stereocenters. The Balaban J connectivity index is 3.34. The van der Waals surface area contributed by atoms with Crippen molar-refractivity contribution in [3.8, 4) is 0 Å². The van der Waals surface area contributed by atoms with E-state index in [0.29, 0.717) is 12.3 Å². The van der Waals surface area contributed by atoms with Gasteiger partial charge in [-0.1, -0.05) is 6.92 Å². The second-order valence-electron chi connectivity index (χ2n) is 1.93. The minimum absolute atomic E-state index is 0.594. The van der Waals surface area contributed by atoms with Gasteiger partial charge < -0.3 is 16.0 Å². The Labute approximate surface area is 62.0 Å². The molecule has 0 rings (SSSR count). The number of hydrogen-bond donors (Lipinski definition) is 3. The minimum Gasteiger partial charge on any atom is -0.394 e. The number of nitrogens with one attached hydrogen (secondary N) is 3. The van der Waals surface area contributed by atoms with Crippen molar-refractivity contribution in [3.05, 3.63) is 12.3 Å². The van der Waals surface area contributed by atoms with Crippen molar-refractivity contribution >= 4 is 5.71 Å². The maximum absolute atomic E-state index is 7.31. The summed E-state index contributed by atoms with van der Waals surface area (Å²) in [7, 11) is 1.82. The molecule has 0 aromatic carbocycles. The third kappa shape index (κ3) is 5.31. The molecule has 58 valence electrons. The van der Waals surface area contributed by atoms with Crippen LogP contribution in [0.2, 0.25) is 0 Å². The molecule has 0 heterocycles. The van der Waals surface area contributed by atoms with Crippen molar-refractivity contribution in [3.63, 3.8) is 0 Å². The molecule has 0 aliphatic heterocycles. The van der Waals surface area contributed by atoms with Gasteiger partial charge in [0, 0.05) is 19.3 Å². The van der Waals surface area contributed by atoms with Gasteiger partial charge in [0.15, 0.2) is 0 Å². The smallest absolute Gasteiger partial charge is 0.0466 e. The molecule has 0 radical (unpaired) electrons. The van der Waals surface area contributed by atoms with Gasteiger partial charge in [-0.2, -0.15) is 0 Å². The molecule has 0 unspecified atom stereocenters. The van der Waals surface area contributed by atoms with Crippen LogP contribution in [0.5, 0.6) is 0 Å². The van der Waals surface area contributed by atoms with Crippen molar-refractivity contribution in [2.75, 3.05) is 20.1 Å². The highest BCUT2D eigenvalue weighted by Gasteiger charge is 1.86. The van der Waals surface area contributed by atoms with Crippen molar-refractivity contribution in [1.82, 2.24) is 10.6 Å². The number of hydrogen-bond acceptors (Lipinski definition) is 3. The zero-order chi connectivity index (χ0) is 7.82. The molecule has 3 N–H and O–H groups in total. The van der Waals surface area contributed by atoms with E-state index in [-0.39, 0.29) is 0 Å². The Morgan fingerprint density at radius 1 is 1.60 bits per heavy atom. The lowest BCUT2D eigenvalue weighted by Crippen LogP contribution is -2.20. The highest BCUT2D eigenvalue weighted by Crippen LogP contribution is 1.72. The van der Waals surface area contributed by atoms with Crippen molar-refractivity contribution in [2.45, 2.75) is 6.92 Å². The molecule has 0 fully saturated rings. The predicted octanol–water partition coefficient (Wildman–Crippen LogP) is 0.349. The first-order valence-electron chi connectivity index (χ1n) is 3.43. The number of rotatable bonds is 5. The van der Waals surface area contributed by atoms with Gasteiger partial charge in [-0.3, -0.25) is 0 Å². The van der Waals surface area contributed by atoms with Crippen molar-refractivity contribution in [2.24, 2.45) is 0 Å². The summed E-state index contributed by atoms with van der Waals surface area (Å²) in [5.74, 6) is 0. The quantitative estimate of drug-likeness (QED) is 0.484. The molecular weight excluding hydrogens is 126 g/mol. The summed E-state index contributed by atoms with van der Waals surface area (Å²) in [6.45, 7) is 3.58. The van der Waals surface area contributed by atoms with Crippen molar-refractivity contribution in [1.29, 1.82) is 5.41 Å². The monoisotopic (exact) mass is 141 g/mol. The first-order chi connectivity index (χ1) is 4.81. The van der Waals surface area contributed by atoms with Crippen LogP contribution in [0.3, 0.4) is 0 Å². The van der Waals surface area contributed by atoms with Gasteiger partial charge in [-0.15, -0.1) is 0 Å². The van der Waals surface area contributed by atoms with E-state index >= 15 is 0 Å². The zero-order valence-electron chi connectivity index (χ0n) is 6.57. The van der Waals surface area contributed by atoms with Crippen LogP contribution >= 0.6 is 0 Å². The van der Waals surface area contributed by atoms with Gasteiger partial charge in [-0.25, -0.2) is 0 Å². The van der Waals surface area contributed by atoms with Crippen molar-refractivity contribution < 1.29 is 0 Å². The van der Waals surface area contributed by atoms with E-state index in [9.17, 15) is 0 Å². The summed E-state index contributed by atoms with van der Waals surface area (Å²) in [5, 5.41) is 13.2. The summed E-state index contributed by atoms with van der Waals surface area (Å²) >= 11 is 0. The van der Waals surface area contributed by atoms with E-state index in [1.807, 2.05) is 14.0 Å². The molecule has 0 aliphatic carbocycles. The molecule has 0 aromatic rings. The fraction of sp³-hybridized carbons (Fsp3) is 0.571. The van der Waals surface area contributed by atoms with Crippen LogP contribution in [-0.2, 0) is 0 Å². The molecule has 0 saturated carbocycles. The molecule has 0 amide bonds. The Hall–Kier alpha value is -0.830. The van der Waals surface area contributed by atoms with Gasteiger partial charge in [0.25, 0.3) is 0 Å². The highest BCUT2D eigenvalue weighted by molar-refractivity contribution is 5.93. The van der Waals surface area contributed by atoms with Crippen LogP contribution in [0.25, 0.3) is 0 Å². The summed E-state index contributed by atoms with van der Waals surface area (Å²) in [4.78, 5) is 0. The Kier molecular flexibility index (Phi) is 5.77. The molecule has 0 saturated heterocycles. The van der Waals surface area contributed by atoms with E-state index in [2.05, 4.69) is 10.6 Å².